The Bertz CT molecular complexity index is 1200. The zero-order valence-electron chi connectivity index (χ0n) is 14.3. The molecule has 0 unspecified atom stereocenters. The number of aromatic nitrogens is 2. The number of hydrogen-bond donors (Lipinski definition) is 2. The minimum atomic E-state index is -0.246. The van der Waals surface area contributed by atoms with Gasteiger partial charge >= 0.3 is 0 Å². The molecule has 4 rings (SSSR count). The SMILES string of the molecule is CNCCNC(=O)c1cccn2c(=O)c3ccc4ccccc4c3nc12. The quantitative estimate of drug-likeness (QED) is 0.336. The number of hydrogen-bond acceptors (Lipinski definition) is 4. The molecule has 0 atom stereocenters. The fraction of sp³-hybridized carbons (Fsp3) is 0.150. The second-order valence-corrected chi connectivity index (χ2v) is 6.07. The number of carbonyl (C=O) groups excluding carboxylic acids is 1. The maximum absolute atomic E-state index is 12.9. The molecule has 0 fully saturated rings. The summed E-state index contributed by atoms with van der Waals surface area (Å²) >= 11 is 0. The van der Waals surface area contributed by atoms with Gasteiger partial charge in [0.05, 0.1) is 16.5 Å². The molecular weight excluding hydrogens is 328 g/mol. The van der Waals surface area contributed by atoms with Crippen molar-refractivity contribution in [3.8, 4) is 0 Å². The maximum atomic E-state index is 12.9. The lowest BCUT2D eigenvalue weighted by Gasteiger charge is -2.10. The number of fused-ring (bicyclic) bond motifs is 4. The summed E-state index contributed by atoms with van der Waals surface area (Å²) in [5.74, 6) is -0.246. The minimum absolute atomic E-state index is 0.180. The van der Waals surface area contributed by atoms with Gasteiger partial charge in [-0.2, -0.15) is 0 Å². The summed E-state index contributed by atoms with van der Waals surface area (Å²) in [5.41, 5.74) is 1.18. The number of pyridine rings is 1. The largest absolute Gasteiger partial charge is 0.351 e. The molecule has 2 heterocycles. The van der Waals surface area contributed by atoms with Gasteiger partial charge in [-0.25, -0.2) is 4.98 Å². The summed E-state index contributed by atoms with van der Waals surface area (Å²) in [6.07, 6.45) is 1.64. The molecule has 6 heteroatoms. The Morgan fingerprint density at radius 3 is 2.73 bits per heavy atom. The third kappa shape index (κ3) is 2.60. The Hall–Kier alpha value is -3.25. The predicted octanol–water partition coefficient (Wildman–Crippen LogP) is 1.95. The predicted molar refractivity (Wildman–Crippen MR) is 103 cm³/mol. The maximum Gasteiger partial charge on any atom is 0.265 e. The monoisotopic (exact) mass is 346 g/mol. The molecule has 0 aliphatic carbocycles. The lowest BCUT2D eigenvalue weighted by molar-refractivity contribution is 0.0955. The Kier molecular flexibility index (Phi) is 4.10. The summed E-state index contributed by atoms with van der Waals surface area (Å²) in [4.78, 5) is 30.2. The van der Waals surface area contributed by atoms with E-state index < -0.39 is 0 Å². The van der Waals surface area contributed by atoms with Crippen molar-refractivity contribution in [1.82, 2.24) is 20.0 Å². The molecule has 0 saturated heterocycles. The highest BCUT2D eigenvalue weighted by Crippen LogP contribution is 2.22. The van der Waals surface area contributed by atoms with Crippen LogP contribution >= 0.6 is 0 Å². The van der Waals surface area contributed by atoms with E-state index in [9.17, 15) is 9.59 Å². The number of nitrogens with one attached hydrogen (secondary N) is 2. The molecule has 130 valence electrons. The van der Waals surface area contributed by atoms with Gasteiger partial charge in [-0.3, -0.25) is 14.0 Å². The van der Waals surface area contributed by atoms with E-state index in [2.05, 4.69) is 10.6 Å². The van der Waals surface area contributed by atoms with Crippen molar-refractivity contribution in [2.75, 3.05) is 20.1 Å². The van der Waals surface area contributed by atoms with Gasteiger partial charge in [-0.15, -0.1) is 0 Å². The van der Waals surface area contributed by atoms with Crippen molar-refractivity contribution in [3.05, 3.63) is 70.6 Å². The molecule has 0 radical (unpaired) electrons. The fourth-order valence-corrected chi connectivity index (χ4v) is 3.14. The van der Waals surface area contributed by atoms with E-state index in [0.717, 1.165) is 10.8 Å². The zero-order valence-corrected chi connectivity index (χ0v) is 14.3. The van der Waals surface area contributed by atoms with Crippen LogP contribution < -0.4 is 16.2 Å². The summed E-state index contributed by atoms with van der Waals surface area (Å²) in [6, 6.07) is 14.9. The average molecular weight is 346 g/mol. The number of benzene rings is 2. The van der Waals surface area contributed by atoms with Gasteiger partial charge in [0.1, 0.15) is 0 Å². The molecule has 6 nitrogen and oxygen atoms in total. The smallest absolute Gasteiger partial charge is 0.265 e. The molecule has 2 aromatic carbocycles. The van der Waals surface area contributed by atoms with Crippen molar-refractivity contribution in [2.24, 2.45) is 0 Å². The average Bonchev–Trinajstić information content (AvgIpc) is 2.68. The number of likely N-dealkylation sites (N-methyl/N-ethyl adjacent to an activating group) is 1. The van der Waals surface area contributed by atoms with E-state index in [1.807, 2.05) is 37.4 Å². The number of nitrogens with zero attached hydrogens (tertiary/aromatic N) is 2. The molecular formula is C20H18N4O2. The molecule has 2 N–H and O–H groups in total. The molecule has 0 bridgehead atoms. The van der Waals surface area contributed by atoms with Crippen molar-refractivity contribution in [3.63, 3.8) is 0 Å². The topological polar surface area (TPSA) is 75.5 Å². The third-order valence-electron chi connectivity index (χ3n) is 4.44. The van der Waals surface area contributed by atoms with Gasteiger partial charge in [-0.1, -0.05) is 30.3 Å². The van der Waals surface area contributed by atoms with Crippen molar-refractivity contribution in [2.45, 2.75) is 0 Å². The normalized spacial score (nSPS) is 11.3. The molecule has 0 saturated carbocycles. The van der Waals surface area contributed by atoms with Crippen LogP contribution in [0.1, 0.15) is 10.4 Å². The van der Waals surface area contributed by atoms with E-state index in [4.69, 9.17) is 4.98 Å². The van der Waals surface area contributed by atoms with Gasteiger partial charge < -0.3 is 10.6 Å². The van der Waals surface area contributed by atoms with Crippen LogP contribution in [-0.2, 0) is 0 Å². The lowest BCUT2D eigenvalue weighted by atomic mass is 10.1. The van der Waals surface area contributed by atoms with Gasteiger partial charge in [0.2, 0.25) is 0 Å². The first-order chi connectivity index (χ1) is 12.7. The molecule has 0 aliphatic rings. The summed E-state index contributed by atoms with van der Waals surface area (Å²) < 4.78 is 1.43. The second-order valence-electron chi connectivity index (χ2n) is 6.07. The lowest BCUT2D eigenvalue weighted by Crippen LogP contribution is -2.31. The molecule has 0 aliphatic heterocycles. The number of carbonyl (C=O) groups is 1. The summed E-state index contributed by atoms with van der Waals surface area (Å²) in [7, 11) is 1.82. The highest BCUT2D eigenvalue weighted by Gasteiger charge is 2.15. The molecule has 0 spiro atoms. The van der Waals surface area contributed by atoms with Gasteiger partial charge in [0.25, 0.3) is 11.5 Å². The van der Waals surface area contributed by atoms with E-state index >= 15 is 0 Å². The molecule has 26 heavy (non-hydrogen) atoms. The summed E-state index contributed by atoms with van der Waals surface area (Å²) in [5, 5.41) is 8.26. The van der Waals surface area contributed by atoms with E-state index in [1.54, 1.807) is 24.4 Å². The van der Waals surface area contributed by atoms with E-state index in [1.165, 1.54) is 4.40 Å². The number of rotatable bonds is 4. The van der Waals surface area contributed by atoms with Crippen LogP contribution in [0.25, 0.3) is 27.3 Å². The number of amides is 1. The Labute approximate surface area is 149 Å². The van der Waals surface area contributed by atoms with Gasteiger partial charge in [0, 0.05) is 24.7 Å². The van der Waals surface area contributed by atoms with Gasteiger partial charge in [-0.05, 0) is 30.6 Å². The van der Waals surface area contributed by atoms with Crippen LogP contribution in [-0.4, -0.2) is 35.4 Å². The van der Waals surface area contributed by atoms with Crippen molar-refractivity contribution < 1.29 is 4.79 Å². The zero-order chi connectivity index (χ0) is 18.1. The van der Waals surface area contributed by atoms with Gasteiger partial charge in [0.15, 0.2) is 5.65 Å². The van der Waals surface area contributed by atoms with Crippen molar-refractivity contribution in [1.29, 1.82) is 0 Å². The highest BCUT2D eigenvalue weighted by atomic mass is 16.2. The van der Waals surface area contributed by atoms with Crippen LogP contribution in [0.4, 0.5) is 0 Å². The van der Waals surface area contributed by atoms with E-state index in [0.29, 0.717) is 35.2 Å². The molecule has 4 aromatic rings. The van der Waals surface area contributed by atoms with E-state index in [-0.39, 0.29) is 11.5 Å². The standard InChI is InChI=1S/C20H18N4O2/c1-21-10-11-22-19(25)16-7-4-12-24-18(16)23-17-14-6-3-2-5-13(14)8-9-15(17)20(24)26/h2-9,12,21H,10-11H2,1H3,(H,22,25). The van der Waals surface area contributed by atoms with Crippen LogP contribution in [0.3, 0.4) is 0 Å². The third-order valence-corrected chi connectivity index (χ3v) is 4.44. The summed E-state index contributed by atoms with van der Waals surface area (Å²) in [6.45, 7) is 1.16. The highest BCUT2D eigenvalue weighted by molar-refractivity contribution is 6.07. The Morgan fingerprint density at radius 1 is 1.04 bits per heavy atom. The fourth-order valence-electron chi connectivity index (χ4n) is 3.14. The molecule has 1 amide bonds. The second kappa shape index (κ2) is 6.57. The van der Waals surface area contributed by atoms with Crippen LogP contribution in [0.15, 0.2) is 59.5 Å². The first-order valence-corrected chi connectivity index (χ1v) is 8.46. The molecule has 2 aromatic heterocycles. The van der Waals surface area contributed by atoms with Crippen LogP contribution in [0.2, 0.25) is 0 Å². The van der Waals surface area contributed by atoms with Crippen LogP contribution in [0, 0.1) is 0 Å². The first kappa shape index (κ1) is 16.2. The Morgan fingerprint density at radius 2 is 1.88 bits per heavy atom. The van der Waals surface area contributed by atoms with Crippen molar-refractivity contribution >= 4 is 33.2 Å². The minimum Gasteiger partial charge on any atom is -0.351 e. The first-order valence-electron chi connectivity index (χ1n) is 8.46. The Balaban J connectivity index is 1.99. The van der Waals surface area contributed by atoms with Crippen LogP contribution in [0.5, 0.6) is 0 Å².